The topological polar surface area (TPSA) is 29.3 Å². The van der Waals surface area contributed by atoms with Gasteiger partial charge in [-0.05, 0) is 36.4 Å². The molecule has 2 N–H and O–H groups in total. The lowest BCUT2D eigenvalue weighted by molar-refractivity contribution is 1.09. The summed E-state index contributed by atoms with van der Waals surface area (Å²) in [7, 11) is 0. The highest BCUT2D eigenvalue weighted by atomic mass is 32.1. The molecule has 0 aliphatic carbocycles. The van der Waals surface area contributed by atoms with E-state index in [9.17, 15) is 0 Å². The second-order valence-electron chi connectivity index (χ2n) is 4.98. The van der Waals surface area contributed by atoms with E-state index in [4.69, 9.17) is 5.84 Å². The molecule has 1 aromatic heterocycles. The van der Waals surface area contributed by atoms with Crippen molar-refractivity contribution in [3.63, 3.8) is 0 Å². The number of nitrogens with two attached hydrogens (primary N) is 1. The Bertz CT molecular complexity index is 912. The maximum atomic E-state index is 6.26. The second kappa shape index (κ2) is 4.88. The number of benzene rings is 3. The molecule has 0 aliphatic heterocycles. The van der Waals surface area contributed by atoms with Gasteiger partial charge in [-0.2, -0.15) is 0 Å². The normalized spacial score (nSPS) is 11.1. The number of hydrogen-bond donors (Lipinski definition) is 1. The molecule has 0 radical (unpaired) electrons. The second-order valence-corrected chi connectivity index (χ2v) is 6.07. The van der Waals surface area contributed by atoms with Crippen LogP contribution in [0.25, 0.3) is 20.2 Å². The summed E-state index contributed by atoms with van der Waals surface area (Å²) >= 11 is 1.82. The van der Waals surface area contributed by atoms with Gasteiger partial charge in [0.05, 0.1) is 11.4 Å². The van der Waals surface area contributed by atoms with Gasteiger partial charge in [-0.3, -0.25) is 5.01 Å². The molecular weight excluding hydrogens is 276 g/mol. The van der Waals surface area contributed by atoms with E-state index in [0.29, 0.717) is 0 Å². The number of hydrogen-bond acceptors (Lipinski definition) is 3. The summed E-state index contributed by atoms with van der Waals surface area (Å²) < 4.78 is 2.61. The van der Waals surface area contributed by atoms with Crippen molar-refractivity contribution in [2.75, 3.05) is 5.01 Å². The molecule has 0 bridgehead atoms. The van der Waals surface area contributed by atoms with Crippen molar-refractivity contribution in [1.82, 2.24) is 0 Å². The van der Waals surface area contributed by atoms with Crippen LogP contribution in [0.5, 0.6) is 0 Å². The highest BCUT2D eigenvalue weighted by Gasteiger charge is 2.08. The Morgan fingerprint density at radius 1 is 0.667 bits per heavy atom. The average Bonchev–Trinajstić information content (AvgIpc) is 2.93. The number of nitrogens with zero attached hydrogens (tertiary/aromatic N) is 1. The fraction of sp³-hybridized carbons (Fsp3) is 0. The minimum atomic E-state index is 0.983. The first-order valence-corrected chi connectivity index (χ1v) is 7.66. The predicted octanol–water partition coefficient (Wildman–Crippen LogP) is 5.07. The zero-order valence-electron chi connectivity index (χ0n) is 11.4. The Balaban J connectivity index is 1.88. The number of hydrazine groups is 1. The summed E-state index contributed by atoms with van der Waals surface area (Å²) in [5, 5.41) is 4.28. The first-order chi connectivity index (χ1) is 10.3. The summed E-state index contributed by atoms with van der Waals surface area (Å²) in [5.74, 6) is 6.26. The predicted molar refractivity (Wildman–Crippen MR) is 92.1 cm³/mol. The van der Waals surface area contributed by atoms with E-state index in [-0.39, 0.29) is 0 Å². The Hall–Kier alpha value is -2.36. The molecule has 2 nitrogen and oxygen atoms in total. The lowest BCUT2D eigenvalue weighted by atomic mass is 10.1. The van der Waals surface area contributed by atoms with E-state index in [0.717, 1.165) is 11.4 Å². The highest BCUT2D eigenvalue weighted by Crippen LogP contribution is 2.36. The quantitative estimate of drug-likeness (QED) is 0.412. The molecule has 0 spiro atoms. The standard InChI is InChI=1S/C18H14N2S/c19-20(13-6-2-1-3-7-13)14-10-11-18-16(12-14)15-8-4-5-9-17(15)21-18/h1-12H,19H2. The van der Waals surface area contributed by atoms with Gasteiger partial charge in [-0.15, -0.1) is 11.3 Å². The van der Waals surface area contributed by atoms with Crippen LogP contribution in [0.15, 0.2) is 72.8 Å². The van der Waals surface area contributed by atoms with Crippen LogP contribution in [0.3, 0.4) is 0 Å². The van der Waals surface area contributed by atoms with Gasteiger partial charge in [0.15, 0.2) is 0 Å². The molecule has 0 aliphatic rings. The Morgan fingerprint density at radius 3 is 2.24 bits per heavy atom. The van der Waals surface area contributed by atoms with Crippen molar-refractivity contribution in [1.29, 1.82) is 0 Å². The molecule has 4 aromatic rings. The van der Waals surface area contributed by atoms with Gasteiger partial charge in [0, 0.05) is 20.2 Å². The van der Waals surface area contributed by atoms with Gasteiger partial charge in [0.1, 0.15) is 0 Å². The summed E-state index contributed by atoms with van der Waals surface area (Å²) in [6, 6.07) is 24.9. The van der Waals surface area contributed by atoms with Crippen LogP contribution in [0, 0.1) is 0 Å². The highest BCUT2D eigenvalue weighted by molar-refractivity contribution is 7.25. The maximum absolute atomic E-state index is 6.26. The van der Waals surface area contributed by atoms with E-state index in [2.05, 4.69) is 42.5 Å². The molecule has 102 valence electrons. The number of rotatable bonds is 2. The first kappa shape index (κ1) is 12.4. The van der Waals surface area contributed by atoms with Gasteiger partial charge in [-0.25, -0.2) is 5.84 Å². The van der Waals surface area contributed by atoms with Gasteiger partial charge in [-0.1, -0.05) is 36.4 Å². The molecule has 0 saturated carbocycles. The van der Waals surface area contributed by atoms with Crippen LogP contribution < -0.4 is 10.9 Å². The Labute approximate surface area is 127 Å². The summed E-state index contributed by atoms with van der Waals surface area (Å²) in [5.41, 5.74) is 1.98. The largest absolute Gasteiger partial charge is 0.280 e. The third kappa shape index (κ3) is 2.07. The van der Waals surface area contributed by atoms with E-state index in [1.807, 2.05) is 41.7 Å². The van der Waals surface area contributed by atoms with E-state index < -0.39 is 0 Å². The molecule has 3 heteroatoms. The van der Waals surface area contributed by atoms with Crippen LogP contribution in [0.1, 0.15) is 0 Å². The zero-order chi connectivity index (χ0) is 14.2. The van der Waals surface area contributed by atoms with Crippen molar-refractivity contribution in [2.45, 2.75) is 0 Å². The molecule has 1 heterocycles. The number of thiophene rings is 1. The van der Waals surface area contributed by atoms with E-state index >= 15 is 0 Å². The number of anilines is 2. The molecule has 0 unspecified atom stereocenters. The van der Waals surface area contributed by atoms with Crippen LogP contribution in [-0.2, 0) is 0 Å². The first-order valence-electron chi connectivity index (χ1n) is 6.84. The van der Waals surface area contributed by atoms with E-state index in [1.165, 1.54) is 20.2 Å². The summed E-state index contributed by atoms with van der Waals surface area (Å²) in [4.78, 5) is 0. The minimum Gasteiger partial charge on any atom is -0.280 e. The van der Waals surface area contributed by atoms with Crippen LogP contribution in [-0.4, -0.2) is 0 Å². The van der Waals surface area contributed by atoms with Crippen molar-refractivity contribution in [3.8, 4) is 0 Å². The van der Waals surface area contributed by atoms with Crippen LogP contribution in [0.4, 0.5) is 11.4 Å². The van der Waals surface area contributed by atoms with Crippen LogP contribution >= 0.6 is 11.3 Å². The minimum absolute atomic E-state index is 0.983. The van der Waals surface area contributed by atoms with Crippen molar-refractivity contribution in [3.05, 3.63) is 72.8 Å². The Kier molecular flexibility index (Phi) is 2.88. The fourth-order valence-corrected chi connectivity index (χ4v) is 3.69. The average molecular weight is 290 g/mol. The zero-order valence-corrected chi connectivity index (χ0v) is 12.2. The molecule has 0 atom stereocenters. The number of para-hydroxylation sites is 1. The lowest BCUT2D eigenvalue weighted by Gasteiger charge is -2.18. The molecule has 0 saturated heterocycles. The third-order valence-corrected chi connectivity index (χ3v) is 4.82. The fourth-order valence-electron chi connectivity index (χ4n) is 2.60. The van der Waals surface area contributed by atoms with Crippen molar-refractivity contribution in [2.24, 2.45) is 5.84 Å². The van der Waals surface area contributed by atoms with Crippen LogP contribution in [0.2, 0.25) is 0 Å². The molecular formula is C18H14N2S. The summed E-state index contributed by atoms with van der Waals surface area (Å²) in [6.45, 7) is 0. The molecule has 3 aromatic carbocycles. The maximum Gasteiger partial charge on any atom is 0.0582 e. The Morgan fingerprint density at radius 2 is 1.38 bits per heavy atom. The summed E-state index contributed by atoms with van der Waals surface area (Å²) in [6.07, 6.45) is 0. The lowest BCUT2D eigenvalue weighted by Crippen LogP contribution is -2.24. The molecule has 0 fully saturated rings. The van der Waals surface area contributed by atoms with Crippen molar-refractivity contribution < 1.29 is 0 Å². The van der Waals surface area contributed by atoms with Crippen molar-refractivity contribution >= 4 is 42.9 Å². The molecule has 4 rings (SSSR count). The monoisotopic (exact) mass is 290 g/mol. The van der Waals surface area contributed by atoms with E-state index in [1.54, 1.807) is 5.01 Å². The smallest absolute Gasteiger partial charge is 0.0582 e. The third-order valence-electron chi connectivity index (χ3n) is 3.67. The number of fused-ring (bicyclic) bond motifs is 3. The van der Waals surface area contributed by atoms with Gasteiger partial charge in [0.2, 0.25) is 0 Å². The van der Waals surface area contributed by atoms with Gasteiger partial charge >= 0.3 is 0 Å². The molecule has 21 heavy (non-hydrogen) atoms. The SMILES string of the molecule is NN(c1ccccc1)c1ccc2sc3ccccc3c2c1. The van der Waals surface area contributed by atoms with Gasteiger partial charge in [0.25, 0.3) is 0 Å². The molecule has 0 amide bonds. The van der Waals surface area contributed by atoms with Gasteiger partial charge < -0.3 is 0 Å².